The maximum atomic E-state index is 11.0. The smallest absolute Gasteiger partial charge is 0.335 e. The molecule has 1 heterocycles. The Hall–Kier alpha value is -2.31. The standard InChI is InChI=1S/C19H14BrNO3S/c1-12-5-7-16(8-6-12)25-19-17(20)10-15(24-19)11-21-14-4-2-3-13(9-14)18(22)23/h2-11H,1H3,(H,22,23). The molecule has 0 radical (unpaired) electrons. The van der Waals surface area contributed by atoms with Crippen LogP contribution in [0.4, 0.5) is 5.69 Å². The van der Waals surface area contributed by atoms with Crippen molar-refractivity contribution in [1.82, 2.24) is 0 Å². The third kappa shape index (κ3) is 4.61. The predicted octanol–water partition coefficient (Wildman–Crippen LogP) is 5.95. The van der Waals surface area contributed by atoms with E-state index in [0.717, 1.165) is 14.5 Å². The molecule has 0 aliphatic carbocycles. The minimum Gasteiger partial charge on any atom is -0.478 e. The SMILES string of the molecule is Cc1ccc(Sc2oc(C=Nc3cccc(C(=O)O)c3)cc2Br)cc1. The molecule has 0 aliphatic rings. The summed E-state index contributed by atoms with van der Waals surface area (Å²) in [4.78, 5) is 16.4. The van der Waals surface area contributed by atoms with E-state index in [0.29, 0.717) is 11.4 Å². The predicted molar refractivity (Wildman–Crippen MR) is 102 cm³/mol. The summed E-state index contributed by atoms with van der Waals surface area (Å²) < 4.78 is 6.64. The number of benzene rings is 2. The van der Waals surface area contributed by atoms with Crippen molar-refractivity contribution in [2.45, 2.75) is 16.9 Å². The summed E-state index contributed by atoms with van der Waals surface area (Å²) in [6.45, 7) is 2.05. The van der Waals surface area contributed by atoms with Crippen molar-refractivity contribution in [2.75, 3.05) is 0 Å². The molecule has 0 saturated heterocycles. The summed E-state index contributed by atoms with van der Waals surface area (Å²) in [5.74, 6) is -0.392. The topological polar surface area (TPSA) is 62.8 Å². The van der Waals surface area contributed by atoms with Crippen LogP contribution in [0.15, 0.2) is 78.5 Å². The quantitative estimate of drug-likeness (QED) is 0.522. The van der Waals surface area contributed by atoms with E-state index in [1.165, 1.54) is 29.5 Å². The molecule has 0 amide bonds. The van der Waals surface area contributed by atoms with Crippen molar-refractivity contribution >= 4 is 45.6 Å². The number of aromatic carboxylic acids is 1. The first-order valence-electron chi connectivity index (χ1n) is 7.42. The summed E-state index contributed by atoms with van der Waals surface area (Å²) in [7, 11) is 0. The molecule has 126 valence electrons. The van der Waals surface area contributed by atoms with Crippen molar-refractivity contribution in [2.24, 2.45) is 4.99 Å². The van der Waals surface area contributed by atoms with Gasteiger partial charge in [-0.2, -0.15) is 0 Å². The number of rotatable bonds is 5. The molecule has 0 unspecified atom stereocenters. The molecular formula is C19H14BrNO3S. The van der Waals surface area contributed by atoms with Gasteiger partial charge in [0.15, 0.2) is 5.09 Å². The van der Waals surface area contributed by atoms with Gasteiger partial charge < -0.3 is 9.52 Å². The lowest BCUT2D eigenvalue weighted by atomic mass is 10.2. The summed E-state index contributed by atoms with van der Waals surface area (Å²) in [6, 6.07) is 16.5. The highest BCUT2D eigenvalue weighted by Gasteiger charge is 2.10. The van der Waals surface area contributed by atoms with Gasteiger partial charge in [0.2, 0.25) is 0 Å². The monoisotopic (exact) mass is 415 g/mol. The first-order valence-corrected chi connectivity index (χ1v) is 9.03. The number of hydrogen-bond acceptors (Lipinski definition) is 4. The molecule has 6 heteroatoms. The van der Waals surface area contributed by atoms with Gasteiger partial charge in [0, 0.05) is 11.0 Å². The zero-order valence-electron chi connectivity index (χ0n) is 13.3. The molecule has 25 heavy (non-hydrogen) atoms. The molecule has 2 aromatic carbocycles. The van der Waals surface area contributed by atoms with Crippen LogP contribution in [0.5, 0.6) is 0 Å². The number of halogens is 1. The maximum absolute atomic E-state index is 11.0. The van der Waals surface area contributed by atoms with Gasteiger partial charge in [-0.05, 0) is 53.2 Å². The van der Waals surface area contributed by atoms with E-state index in [2.05, 4.69) is 33.1 Å². The molecule has 0 atom stereocenters. The molecule has 0 fully saturated rings. The fraction of sp³-hybridized carbons (Fsp3) is 0.0526. The van der Waals surface area contributed by atoms with Crippen LogP contribution in [0.2, 0.25) is 0 Å². The molecular weight excluding hydrogens is 402 g/mol. The summed E-state index contributed by atoms with van der Waals surface area (Å²) in [5.41, 5.74) is 1.96. The molecule has 3 aromatic rings. The number of hydrogen-bond donors (Lipinski definition) is 1. The number of carboxylic acid groups (broad SMARTS) is 1. The van der Waals surface area contributed by atoms with Crippen LogP contribution in [0.3, 0.4) is 0 Å². The molecule has 0 saturated carbocycles. The van der Waals surface area contributed by atoms with Gasteiger partial charge in [-0.1, -0.05) is 35.5 Å². The van der Waals surface area contributed by atoms with Crippen LogP contribution >= 0.6 is 27.7 Å². The van der Waals surface area contributed by atoms with Gasteiger partial charge in [0.25, 0.3) is 0 Å². The number of nitrogens with zero attached hydrogens (tertiary/aromatic N) is 1. The second-order valence-corrected chi connectivity index (χ2v) is 7.21. The average molecular weight is 416 g/mol. The Balaban J connectivity index is 1.77. The highest BCUT2D eigenvalue weighted by molar-refractivity contribution is 9.10. The molecule has 1 N–H and O–H groups in total. The van der Waals surface area contributed by atoms with Crippen molar-refractivity contribution in [3.8, 4) is 0 Å². The Kier molecular flexibility index (Phi) is 5.40. The lowest BCUT2D eigenvalue weighted by Gasteiger charge is -1.99. The molecule has 1 aromatic heterocycles. The first kappa shape index (κ1) is 17.5. The first-order chi connectivity index (χ1) is 12.0. The van der Waals surface area contributed by atoms with Crippen LogP contribution in [-0.2, 0) is 0 Å². The van der Waals surface area contributed by atoms with Crippen LogP contribution in [0.25, 0.3) is 0 Å². The number of aliphatic imine (C=N–C) groups is 1. The van der Waals surface area contributed by atoms with Gasteiger partial charge in [0.1, 0.15) is 5.76 Å². The van der Waals surface area contributed by atoms with E-state index in [4.69, 9.17) is 9.52 Å². The van der Waals surface area contributed by atoms with Gasteiger partial charge in [-0.3, -0.25) is 4.99 Å². The minimum absolute atomic E-state index is 0.200. The number of aryl methyl sites for hydroxylation is 1. The van der Waals surface area contributed by atoms with Gasteiger partial charge in [-0.25, -0.2) is 4.79 Å². The van der Waals surface area contributed by atoms with Crippen LogP contribution in [0.1, 0.15) is 21.7 Å². The molecule has 0 spiro atoms. The third-order valence-electron chi connectivity index (χ3n) is 3.34. The zero-order valence-corrected chi connectivity index (χ0v) is 15.7. The van der Waals surface area contributed by atoms with Gasteiger partial charge in [-0.15, -0.1) is 0 Å². The summed E-state index contributed by atoms with van der Waals surface area (Å²) in [6.07, 6.45) is 1.57. The lowest BCUT2D eigenvalue weighted by molar-refractivity contribution is 0.0697. The molecule has 3 rings (SSSR count). The number of carbonyl (C=O) groups is 1. The third-order valence-corrected chi connectivity index (χ3v) is 5.19. The van der Waals surface area contributed by atoms with Crippen molar-refractivity contribution < 1.29 is 14.3 Å². The number of furan rings is 1. The van der Waals surface area contributed by atoms with E-state index in [1.54, 1.807) is 18.3 Å². The Morgan fingerprint density at radius 2 is 1.96 bits per heavy atom. The highest BCUT2D eigenvalue weighted by Crippen LogP contribution is 2.35. The molecule has 0 bridgehead atoms. The maximum Gasteiger partial charge on any atom is 0.335 e. The lowest BCUT2D eigenvalue weighted by Crippen LogP contribution is -1.94. The van der Waals surface area contributed by atoms with Gasteiger partial charge >= 0.3 is 5.97 Å². The Morgan fingerprint density at radius 1 is 1.20 bits per heavy atom. The van der Waals surface area contributed by atoms with E-state index in [1.807, 2.05) is 25.1 Å². The number of carboxylic acids is 1. The summed E-state index contributed by atoms with van der Waals surface area (Å²) >= 11 is 5.01. The van der Waals surface area contributed by atoms with E-state index < -0.39 is 5.97 Å². The second-order valence-electron chi connectivity index (χ2n) is 5.31. The van der Waals surface area contributed by atoms with Crippen LogP contribution in [0, 0.1) is 6.92 Å². The van der Waals surface area contributed by atoms with Crippen LogP contribution in [-0.4, -0.2) is 17.3 Å². The van der Waals surface area contributed by atoms with Crippen LogP contribution < -0.4 is 0 Å². The van der Waals surface area contributed by atoms with Crippen molar-refractivity contribution in [1.29, 1.82) is 0 Å². The summed E-state index contributed by atoms with van der Waals surface area (Å²) in [5, 5.41) is 9.75. The van der Waals surface area contributed by atoms with E-state index in [9.17, 15) is 4.79 Å². The normalized spacial score (nSPS) is 11.1. The van der Waals surface area contributed by atoms with Gasteiger partial charge in [0.05, 0.1) is 21.9 Å². The Bertz CT molecular complexity index is 932. The largest absolute Gasteiger partial charge is 0.478 e. The molecule has 4 nitrogen and oxygen atoms in total. The Morgan fingerprint density at radius 3 is 2.68 bits per heavy atom. The minimum atomic E-state index is -0.977. The van der Waals surface area contributed by atoms with E-state index >= 15 is 0 Å². The second kappa shape index (κ2) is 7.72. The van der Waals surface area contributed by atoms with E-state index in [-0.39, 0.29) is 5.56 Å². The average Bonchev–Trinajstić information content (AvgIpc) is 2.95. The zero-order chi connectivity index (χ0) is 17.8. The Labute approximate surface area is 157 Å². The highest BCUT2D eigenvalue weighted by atomic mass is 79.9. The molecule has 0 aliphatic heterocycles. The van der Waals surface area contributed by atoms with Crippen molar-refractivity contribution in [3.05, 3.63) is 76.0 Å². The van der Waals surface area contributed by atoms with Crippen molar-refractivity contribution in [3.63, 3.8) is 0 Å². The fourth-order valence-electron chi connectivity index (χ4n) is 2.07. The fourth-order valence-corrected chi connectivity index (χ4v) is 3.40.